The maximum absolute atomic E-state index is 10.9. The summed E-state index contributed by atoms with van der Waals surface area (Å²) in [5, 5.41) is 0. The van der Waals surface area contributed by atoms with Gasteiger partial charge >= 0.3 is 23.1 Å². The third-order valence-corrected chi connectivity index (χ3v) is 2.18. The average molecular weight is 253 g/mol. The molecule has 0 bridgehead atoms. The van der Waals surface area contributed by atoms with Crippen LogP contribution in [0.5, 0.6) is 0 Å². The molecule has 0 N–H and O–H groups in total. The monoisotopic (exact) mass is 252 g/mol. The van der Waals surface area contributed by atoms with E-state index in [0.717, 1.165) is 25.7 Å². The normalized spacial score (nSPS) is 9.43. The first-order valence-corrected chi connectivity index (χ1v) is 5.63. The molecule has 0 aliphatic carbocycles. The third-order valence-electron chi connectivity index (χ3n) is 1.39. The van der Waals surface area contributed by atoms with Gasteiger partial charge in [-0.15, -0.1) is 0 Å². The summed E-state index contributed by atoms with van der Waals surface area (Å²) in [6.07, 6.45) is 3.99. The molecule has 0 aromatic rings. The van der Waals surface area contributed by atoms with Gasteiger partial charge in [0.05, 0.1) is 21.8 Å². The van der Waals surface area contributed by atoms with Gasteiger partial charge < -0.3 is 26.3 Å². The Morgan fingerprint density at radius 1 is 1.00 bits per heavy atom. The van der Waals surface area contributed by atoms with Crippen molar-refractivity contribution in [2.75, 3.05) is 13.2 Å². The van der Waals surface area contributed by atoms with Gasteiger partial charge in [0.2, 0.25) is 0 Å². The van der Waals surface area contributed by atoms with Crippen LogP contribution in [0.25, 0.3) is 0 Å². The molecule has 0 atom stereocenters. The molecular formula is C8H18ClMgO3P. The van der Waals surface area contributed by atoms with E-state index in [1.54, 1.807) is 0 Å². The zero-order chi connectivity index (χ0) is 9.23. The van der Waals surface area contributed by atoms with Crippen LogP contribution in [-0.4, -0.2) is 36.3 Å². The fraction of sp³-hybridized carbons (Fsp3) is 1.00. The van der Waals surface area contributed by atoms with Crippen LogP contribution < -0.4 is 17.3 Å². The minimum atomic E-state index is -1.85. The summed E-state index contributed by atoms with van der Waals surface area (Å²) in [5.41, 5.74) is 0. The molecule has 0 spiro atoms. The quantitative estimate of drug-likeness (QED) is 0.311. The van der Waals surface area contributed by atoms with Gasteiger partial charge in [0.1, 0.15) is 0 Å². The Labute approximate surface area is 110 Å². The maximum atomic E-state index is 10.9. The molecule has 0 saturated carbocycles. The van der Waals surface area contributed by atoms with Crippen molar-refractivity contribution < 1.29 is 26.3 Å². The maximum Gasteiger partial charge on any atom is 2.00 e. The summed E-state index contributed by atoms with van der Waals surface area (Å²) in [7, 11) is -1.85. The molecule has 14 heavy (non-hydrogen) atoms. The zero-order valence-corrected chi connectivity index (χ0v) is 12.1. The van der Waals surface area contributed by atoms with Crippen LogP contribution >= 0.6 is 8.60 Å². The Hall–Kier alpha value is 1.37. The van der Waals surface area contributed by atoms with E-state index in [1.165, 1.54) is 0 Å². The topological polar surface area (TPSA) is 41.5 Å². The Morgan fingerprint density at radius 2 is 1.36 bits per heavy atom. The Morgan fingerprint density at radius 3 is 1.64 bits per heavy atom. The van der Waals surface area contributed by atoms with Crippen molar-refractivity contribution in [3.05, 3.63) is 0 Å². The summed E-state index contributed by atoms with van der Waals surface area (Å²) in [6.45, 7) is 5.21. The van der Waals surface area contributed by atoms with Gasteiger partial charge in [-0.05, 0) is 12.8 Å². The smallest absolute Gasteiger partial charge is 1.00 e. The van der Waals surface area contributed by atoms with Crippen molar-refractivity contribution in [1.29, 1.82) is 0 Å². The molecule has 6 heteroatoms. The molecular weight excluding hydrogens is 235 g/mol. The van der Waals surface area contributed by atoms with Crippen LogP contribution in [0.2, 0.25) is 0 Å². The molecule has 0 aromatic heterocycles. The Balaban J connectivity index is -0.000000605. The van der Waals surface area contributed by atoms with Gasteiger partial charge in [0.25, 0.3) is 0 Å². The van der Waals surface area contributed by atoms with Crippen LogP contribution in [0.1, 0.15) is 39.5 Å². The predicted molar refractivity (Wildman–Crippen MR) is 54.4 cm³/mol. The van der Waals surface area contributed by atoms with Crippen LogP contribution in [-0.2, 0) is 9.05 Å². The Bertz CT molecular complexity index is 90.7. The van der Waals surface area contributed by atoms with E-state index in [9.17, 15) is 4.89 Å². The van der Waals surface area contributed by atoms with Gasteiger partial charge in [-0.3, -0.25) is 0 Å². The van der Waals surface area contributed by atoms with E-state index >= 15 is 0 Å². The second-order valence-electron chi connectivity index (χ2n) is 2.60. The predicted octanol–water partition coefficient (Wildman–Crippen LogP) is -1.17. The molecule has 82 valence electrons. The van der Waals surface area contributed by atoms with E-state index in [1.807, 2.05) is 0 Å². The largest absolute Gasteiger partial charge is 2.00 e. The first-order chi connectivity index (χ1) is 5.81. The molecule has 0 aliphatic heterocycles. The van der Waals surface area contributed by atoms with Crippen LogP contribution in [0.4, 0.5) is 0 Å². The van der Waals surface area contributed by atoms with Crippen molar-refractivity contribution in [3.8, 4) is 0 Å². The summed E-state index contributed by atoms with van der Waals surface area (Å²) in [5.74, 6) is 0. The van der Waals surface area contributed by atoms with Gasteiger partial charge in [-0.1, -0.05) is 26.7 Å². The molecule has 0 radical (unpaired) electrons. The standard InChI is InChI=1S/C8H18O3P.ClH.Mg/c1-3-5-7-10-12(9)11-8-6-4-2;;/h3-8H2,1-2H3;1H;/q-1;;+2/p-1. The van der Waals surface area contributed by atoms with Crippen LogP contribution in [0.15, 0.2) is 0 Å². The summed E-state index contributed by atoms with van der Waals surface area (Å²) < 4.78 is 9.83. The van der Waals surface area contributed by atoms with E-state index in [0.29, 0.717) is 13.2 Å². The molecule has 0 rings (SSSR count). The molecule has 0 unspecified atom stereocenters. The van der Waals surface area contributed by atoms with Crippen molar-refractivity contribution in [2.24, 2.45) is 0 Å². The van der Waals surface area contributed by atoms with Gasteiger partial charge in [0, 0.05) is 0 Å². The van der Waals surface area contributed by atoms with Crippen molar-refractivity contribution in [3.63, 3.8) is 0 Å². The number of unbranched alkanes of at least 4 members (excludes halogenated alkanes) is 2. The van der Waals surface area contributed by atoms with Crippen molar-refractivity contribution >= 4 is 31.7 Å². The zero-order valence-electron chi connectivity index (χ0n) is 9.00. The fourth-order valence-corrected chi connectivity index (χ4v) is 1.23. The fourth-order valence-electron chi connectivity index (χ4n) is 0.604. The number of rotatable bonds is 8. The third kappa shape index (κ3) is 15.8. The minimum absolute atomic E-state index is 0. The molecule has 3 nitrogen and oxygen atoms in total. The second-order valence-corrected chi connectivity index (χ2v) is 3.56. The van der Waals surface area contributed by atoms with Crippen LogP contribution in [0.3, 0.4) is 0 Å². The molecule has 0 fully saturated rings. The van der Waals surface area contributed by atoms with E-state index in [-0.39, 0.29) is 35.5 Å². The molecule has 0 aromatic carbocycles. The molecule has 0 amide bonds. The molecule has 0 heterocycles. The SMILES string of the molecule is CCCCOP([O-])OCCCC.[Cl-].[Mg+2]. The Kier molecular flexibility index (Phi) is 24.9. The number of hydrogen-bond acceptors (Lipinski definition) is 3. The molecule has 0 saturated heterocycles. The number of hydrogen-bond donors (Lipinski definition) is 0. The second kappa shape index (κ2) is 16.8. The first-order valence-electron chi connectivity index (χ1n) is 4.54. The molecule has 0 aliphatic rings. The van der Waals surface area contributed by atoms with Gasteiger partial charge in [-0.2, -0.15) is 0 Å². The summed E-state index contributed by atoms with van der Waals surface area (Å²) >= 11 is 0. The van der Waals surface area contributed by atoms with E-state index in [2.05, 4.69) is 13.8 Å². The van der Waals surface area contributed by atoms with Gasteiger partial charge in [0.15, 0.2) is 0 Å². The van der Waals surface area contributed by atoms with Crippen LogP contribution in [0, 0.1) is 0 Å². The van der Waals surface area contributed by atoms with E-state index < -0.39 is 8.60 Å². The average Bonchev–Trinajstić information content (AvgIpc) is 2.06. The van der Waals surface area contributed by atoms with Crippen molar-refractivity contribution in [1.82, 2.24) is 0 Å². The number of halogens is 1. The summed E-state index contributed by atoms with van der Waals surface area (Å²) in [6, 6.07) is 0. The first kappa shape index (κ1) is 20.7. The van der Waals surface area contributed by atoms with Crippen molar-refractivity contribution in [2.45, 2.75) is 39.5 Å². The van der Waals surface area contributed by atoms with E-state index in [4.69, 9.17) is 9.05 Å². The van der Waals surface area contributed by atoms with Gasteiger partial charge in [-0.25, -0.2) is 0 Å². The minimum Gasteiger partial charge on any atom is -1.00 e. The summed E-state index contributed by atoms with van der Waals surface area (Å²) in [4.78, 5) is 10.9.